The molecule has 0 aliphatic rings. The lowest BCUT2D eigenvalue weighted by Crippen LogP contribution is -2.22. The number of nitrogens with zero attached hydrogens (tertiary/aromatic N) is 4. The van der Waals surface area contributed by atoms with Crippen LogP contribution in [0, 0.1) is 12.7 Å². The third-order valence-electron chi connectivity index (χ3n) is 4.86. The van der Waals surface area contributed by atoms with Gasteiger partial charge in [-0.3, -0.25) is 4.79 Å². The van der Waals surface area contributed by atoms with Crippen molar-refractivity contribution >= 4 is 33.0 Å². The summed E-state index contributed by atoms with van der Waals surface area (Å²) in [6, 6.07) is 13.9. The number of amides is 1. The second-order valence-corrected chi connectivity index (χ2v) is 10.4. The van der Waals surface area contributed by atoms with Crippen LogP contribution in [0.5, 0.6) is 0 Å². The topological polar surface area (TPSA) is 97.2 Å². The number of halogens is 1. The van der Waals surface area contributed by atoms with E-state index in [4.69, 9.17) is 0 Å². The molecule has 0 saturated carbocycles. The molecule has 4 rings (SSSR count). The maximum Gasteiger partial charge on any atom is 0.295 e. The van der Waals surface area contributed by atoms with Crippen LogP contribution in [0.4, 0.5) is 10.1 Å². The molecule has 0 aliphatic heterocycles. The first-order valence-corrected chi connectivity index (χ1v) is 12.1. The van der Waals surface area contributed by atoms with E-state index < -0.39 is 21.7 Å². The summed E-state index contributed by atoms with van der Waals surface area (Å²) in [4.78, 5) is 18.3. The van der Waals surface area contributed by atoms with E-state index in [1.807, 2.05) is 17.5 Å². The second-order valence-electron chi connectivity index (χ2n) is 7.34. The van der Waals surface area contributed by atoms with Gasteiger partial charge in [-0.15, -0.1) is 16.4 Å². The molecule has 2 aromatic carbocycles. The van der Waals surface area contributed by atoms with Crippen LogP contribution in [0.3, 0.4) is 0 Å². The molecule has 170 valence electrons. The Kier molecular flexibility index (Phi) is 6.11. The van der Waals surface area contributed by atoms with Crippen molar-refractivity contribution < 1.29 is 17.6 Å². The van der Waals surface area contributed by atoms with Crippen LogP contribution in [-0.2, 0) is 10.0 Å². The van der Waals surface area contributed by atoms with E-state index in [9.17, 15) is 17.6 Å². The van der Waals surface area contributed by atoms with Gasteiger partial charge in [0.15, 0.2) is 5.82 Å². The largest absolute Gasteiger partial charge is 0.319 e. The van der Waals surface area contributed by atoms with Gasteiger partial charge in [-0.25, -0.2) is 26.8 Å². The minimum absolute atomic E-state index is 0.0532. The highest BCUT2D eigenvalue weighted by Gasteiger charge is 2.22. The molecule has 11 heteroatoms. The Balaban J connectivity index is 1.71. The first kappa shape index (κ1) is 22.8. The maximum absolute atomic E-state index is 13.4. The average molecular weight is 486 g/mol. The third kappa shape index (κ3) is 4.56. The highest BCUT2D eigenvalue weighted by molar-refractivity contribution is 7.89. The molecule has 1 N–H and O–H groups in total. The standard InChI is InChI=1S/C22H20FN5O3S2/c1-14-6-11-17(33(30,31)27(2)3)13-18(14)24-22(29)20-25-21(19-5-4-12-32-19)28(26-20)16-9-7-15(23)8-10-16/h4-13H,1-3H3,(H,24,29). The van der Waals surface area contributed by atoms with E-state index in [2.05, 4.69) is 15.4 Å². The number of carbonyl (C=O) groups is 1. The van der Waals surface area contributed by atoms with Gasteiger partial charge in [0.2, 0.25) is 15.8 Å². The molecular formula is C22H20FN5O3S2. The van der Waals surface area contributed by atoms with Crippen LogP contribution in [0.2, 0.25) is 0 Å². The zero-order chi connectivity index (χ0) is 23.8. The lowest BCUT2D eigenvalue weighted by molar-refractivity contribution is 0.101. The monoisotopic (exact) mass is 485 g/mol. The molecule has 0 spiro atoms. The summed E-state index contributed by atoms with van der Waals surface area (Å²) in [6.07, 6.45) is 0. The van der Waals surface area contributed by atoms with Crippen LogP contribution in [0.25, 0.3) is 16.4 Å². The number of carbonyl (C=O) groups excluding carboxylic acids is 1. The second kappa shape index (κ2) is 8.85. The van der Waals surface area contributed by atoms with Crippen LogP contribution in [0.1, 0.15) is 16.2 Å². The van der Waals surface area contributed by atoms with E-state index in [0.717, 1.165) is 9.18 Å². The van der Waals surface area contributed by atoms with Gasteiger partial charge in [-0.2, -0.15) is 0 Å². The van der Waals surface area contributed by atoms with E-state index >= 15 is 0 Å². The highest BCUT2D eigenvalue weighted by atomic mass is 32.2. The van der Waals surface area contributed by atoms with Crippen molar-refractivity contribution in [3.63, 3.8) is 0 Å². The molecule has 0 atom stereocenters. The Hall–Kier alpha value is -3.41. The lowest BCUT2D eigenvalue weighted by Gasteiger charge is -2.14. The summed E-state index contributed by atoms with van der Waals surface area (Å²) in [5.41, 5.74) is 1.55. The first-order chi connectivity index (χ1) is 15.7. The molecular weight excluding hydrogens is 465 g/mol. The number of hydrogen-bond acceptors (Lipinski definition) is 6. The zero-order valence-electron chi connectivity index (χ0n) is 18.0. The molecule has 4 aromatic rings. The zero-order valence-corrected chi connectivity index (χ0v) is 19.6. The van der Waals surface area contributed by atoms with Gasteiger partial charge in [-0.05, 0) is 60.3 Å². The Morgan fingerprint density at radius 2 is 1.85 bits per heavy atom. The summed E-state index contributed by atoms with van der Waals surface area (Å²) in [5, 5.41) is 8.92. The fourth-order valence-corrected chi connectivity index (χ4v) is 4.65. The summed E-state index contributed by atoms with van der Waals surface area (Å²) in [7, 11) is -0.799. The van der Waals surface area contributed by atoms with Crippen LogP contribution < -0.4 is 5.32 Å². The van der Waals surface area contributed by atoms with Gasteiger partial charge < -0.3 is 5.32 Å². The minimum atomic E-state index is -3.67. The molecule has 0 unspecified atom stereocenters. The van der Waals surface area contributed by atoms with Crippen molar-refractivity contribution in [2.45, 2.75) is 11.8 Å². The quantitative estimate of drug-likeness (QED) is 0.446. The van der Waals surface area contributed by atoms with Gasteiger partial charge in [0.05, 0.1) is 15.5 Å². The van der Waals surface area contributed by atoms with Crippen molar-refractivity contribution in [2.24, 2.45) is 0 Å². The number of benzene rings is 2. The van der Waals surface area contributed by atoms with Gasteiger partial charge in [0.25, 0.3) is 5.91 Å². The number of anilines is 1. The molecule has 1 amide bonds. The summed E-state index contributed by atoms with van der Waals surface area (Å²) in [5.74, 6) is -0.667. The van der Waals surface area contributed by atoms with E-state index in [0.29, 0.717) is 22.8 Å². The third-order valence-corrected chi connectivity index (χ3v) is 7.54. The highest BCUT2D eigenvalue weighted by Crippen LogP contribution is 2.27. The number of aromatic nitrogens is 3. The molecule has 0 bridgehead atoms. The Morgan fingerprint density at radius 1 is 1.12 bits per heavy atom. The van der Waals surface area contributed by atoms with Gasteiger partial charge in [0, 0.05) is 19.8 Å². The molecule has 2 aromatic heterocycles. The molecule has 33 heavy (non-hydrogen) atoms. The SMILES string of the molecule is Cc1ccc(S(=O)(=O)N(C)C)cc1NC(=O)c1nc(-c2cccs2)n(-c2ccc(F)cc2)n1. The first-order valence-electron chi connectivity index (χ1n) is 9.78. The predicted molar refractivity (Wildman–Crippen MR) is 125 cm³/mol. The Labute approximate surface area is 194 Å². The van der Waals surface area contributed by atoms with Crippen LogP contribution in [-0.4, -0.2) is 47.5 Å². The van der Waals surface area contributed by atoms with Crippen molar-refractivity contribution in [3.8, 4) is 16.4 Å². The fraction of sp³-hybridized carbons (Fsp3) is 0.136. The predicted octanol–water partition coefficient (Wildman–Crippen LogP) is 3.95. The smallest absolute Gasteiger partial charge is 0.295 e. The summed E-state index contributed by atoms with van der Waals surface area (Å²) >= 11 is 1.43. The van der Waals surface area contributed by atoms with E-state index in [1.165, 1.54) is 54.4 Å². The van der Waals surface area contributed by atoms with Crippen LogP contribution in [0.15, 0.2) is 64.9 Å². The Bertz CT molecular complexity index is 1410. The Morgan fingerprint density at radius 3 is 2.48 bits per heavy atom. The van der Waals surface area contributed by atoms with E-state index in [-0.39, 0.29) is 10.7 Å². The number of sulfonamides is 1. The molecule has 0 radical (unpaired) electrons. The van der Waals surface area contributed by atoms with Gasteiger partial charge in [-0.1, -0.05) is 12.1 Å². The minimum Gasteiger partial charge on any atom is -0.319 e. The normalized spacial score (nSPS) is 11.7. The van der Waals surface area contributed by atoms with Crippen molar-refractivity contribution in [2.75, 3.05) is 19.4 Å². The van der Waals surface area contributed by atoms with Gasteiger partial charge in [0.1, 0.15) is 5.82 Å². The number of aryl methyl sites for hydroxylation is 1. The fourth-order valence-electron chi connectivity index (χ4n) is 3.02. The summed E-state index contributed by atoms with van der Waals surface area (Å²) < 4.78 is 40.9. The molecule has 2 heterocycles. The van der Waals surface area contributed by atoms with Gasteiger partial charge >= 0.3 is 0 Å². The molecule has 0 fully saturated rings. The average Bonchev–Trinajstić information content (AvgIpc) is 3.45. The van der Waals surface area contributed by atoms with E-state index in [1.54, 1.807) is 25.1 Å². The van der Waals surface area contributed by atoms with Crippen molar-refractivity contribution in [1.29, 1.82) is 0 Å². The number of nitrogens with one attached hydrogen (secondary N) is 1. The number of rotatable bonds is 6. The van der Waals surface area contributed by atoms with Crippen molar-refractivity contribution in [1.82, 2.24) is 19.1 Å². The molecule has 0 aliphatic carbocycles. The molecule has 0 saturated heterocycles. The maximum atomic E-state index is 13.4. The van der Waals surface area contributed by atoms with Crippen molar-refractivity contribution in [3.05, 3.63) is 77.2 Å². The number of thiophene rings is 1. The van der Waals surface area contributed by atoms with Crippen LogP contribution >= 0.6 is 11.3 Å². The lowest BCUT2D eigenvalue weighted by atomic mass is 10.2. The summed E-state index contributed by atoms with van der Waals surface area (Å²) in [6.45, 7) is 1.75. The molecule has 8 nitrogen and oxygen atoms in total. The number of hydrogen-bond donors (Lipinski definition) is 1.